The molecule has 1 aliphatic heterocycles. The minimum absolute atomic E-state index is 0.0200. The van der Waals surface area contributed by atoms with Crippen LogP contribution in [0.1, 0.15) is 21.5 Å². The van der Waals surface area contributed by atoms with Crippen LogP contribution >= 0.6 is 0 Å². The van der Waals surface area contributed by atoms with Gasteiger partial charge in [-0.05, 0) is 35.4 Å². The van der Waals surface area contributed by atoms with Crippen LogP contribution in [0, 0.1) is 5.82 Å². The molecule has 1 N–H and O–H groups in total. The normalized spacial score (nSPS) is 14.2. The number of nitrogens with zero attached hydrogens (tertiary/aromatic N) is 1. The molecule has 148 valence electrons. The molecule has 0 atom stereocenters. The second kappa shape index (κ2) is 8.88. The van der Waals surface area contributed by atoms with Gasteiger partial charge in [0, 0.05) is 26.2 Å². The van der Waals surface area contributed by atoms with Gasteiger partial charge in [-0.3, -0.25) is 9.69 Å². The van der Waals surface area contributed by atoms with E-state index in [9.17, 15) is 9.18 Å². The Morgan fingerprint density at radius 1 is 0.966 bits per heavy atom. The third-order valence-corrected chi connectivity index (χ3v) is 4.94. The molecule has 0 saturated carbocycles. The van der Waals surface area contributed by atoms with Crippen LogP contribution in [0.3, 0.4) is 0 Å². The van der Waals surface area contributed by atoms with E-state index in [2.05, 4.69) is 10.2 Å². The van der Waals surface area contributed by atoms with Gasteiger partial charge in [0.1, 0.15) is 17.7 Å². The Bertz CT molecular complexity index is 971. The van der Waals surface area contributed by atoms with Crippen molar-refractivity contribution in [3.8, 4) is 5.75 Å². The molecule has 0 aromatic heterocycles. The summed E-state index contributed by atoms with van der Waals surface area (Å²) >= 11 is 0. The first-order chi connectivity index (χ1) is 14.2. The molecule has 0 spiro atoms. The van der Waals surface area contributed by atoms with Crippen LogP contribution in [0.5, 0.6) is 5.75 Å². The predicted octanol–water partition coefficient (Wildman–Crippen LogP) is 4.02. The Hall–Kier alpha value is -3.18. The smallest absolute Gasteiger partial charge is 0.255 e. The van der Waals surface area contributed by atoms with E-state index in [1.54, 1.807) is 18.2 Å². The Labute approximate surface area is 169 Å². The maximum atomic E-state index is 13.3. The summed E-state index contributed by atoms with van der Waals surface area (Å²) in [6.07, 6.45) is 0.0200. The van der Waals surface area contributed by atoms with Crippen LogP contribution in [-0.2, 0) is 13.1 Å². The maximum Gasteiger partial charge on any atom is 0.255 e. The van der Waals surface area contributed by atoms with Gasteiger partial charge in [0.25, 0.3) is 5.91 Å². The van der Waals surface area contributed by atoms with Gasteiger partial charge in [0.2, 0.25) is 0 Å². The highest BCUT2D eigenvalue weighted by Crippen LogP contribution is 2.24. The quantitative estimate of drug-likeness (QED) is 0.663. The molecular weight excluding hydrogens is 367 g/mol. The standard InChI is InChI=1S/C24H23FN2O2/c25-20-10-6-9-19(13-20)15-27-16-21(17-27)29-23-12-5-4-11-22(23)24(28)26-14-18-7-2-1-3-8-18/h1-13,21H,14-17H2,(H,26,28). The molecule has 1 fully saturated rings. The topological polar surface area (TPSA) is 41.6 Å². The number of ether oxygens (including phenoxy) is 1. The fraction of sp³-hybridized carbons (Fsp3) is 0.208. The second-order valence-electron chi connectivity index (χ2n) is 7.23. The van der Waals surface area contributed by atoms with Crippen LogP contribution in [0.2, 0.25) is 0 Å². The highest BCUT2D eigenvalue weighted by molar-refractivity contribution is 5.96. The van der Waals surface area contributed by atoms with Crippen molar-refractivity contribution < 1.29 is 13.9 Å². The molecule has 1 amide bonds. The summed E-state index contributed by atoms with van der Waals surface area (Å²) in [5.41, 5.74) is 2.53. The van der Waals surface area contributed by atoms with Crippen LogP contribution in [0.4, 0.5) is 4.39 Å². The summed E-state index contributed by atoms with van der Waals surface area (Å²) in [5, 5.41) is 2.95. The SMILES string of the molecule is O=C(NCc1ccccc1)c1ccccc1OC1CN(Cc2cccc(F)c2)C1. The summed E-state index contributed by atoms with van der Waals surface area (Å²) in [5.74, 6) is 0.222. The first kappa shape index (κ1) is 19.2. The van der Waals surface area contributed by atoms with E-state index in [0.29, 0.717) is 24.4 Å². The number of para-hydroxylation sites is 1. The van der Waals surface area contributed by atoms with Crippen LogP contribution in [0.15, 0.2) is 78.9 Å². The van der Waals surface area contributed by atoms with Crippen molar-refractivity contribution in [1.29, 1.82) is 0 Å². The zero-order valence-corrected chi connectivity index (χ0v) is 16.1. The number of carbonyl (C=O) groups is 1. The van der Waals surface area contributed by atoms with Gasteiger partial charge in [-0.25, -0.2) is 4.39 Å². The summed E-state index contributed by atoms with van der Waals surface area (Å²) in [6, 6.07) is 23.8. The van der Waals surface area contributed by atoms with Gasteiger partial charge in [-0.1, -0.05) is 54.6 Å². The van der Waals surface area contributed by atoms with E-state index in [1.807, 2.05) is 54.6 Å². The third kappa shape index (κ3) is 5.00. The maximum absolute atomic E-state index is 13.3. The average molecular weight is 390 g/mol. The fourth-order valence-corrected chi connectivity index (χ4v) is 3.43. The molecule has 5 heteroatoms. The number of rotatable bonds is 7. The number of likely N-dealkylation sites (tertiary alicyclic amines) is 1. The molecule has 1 saturated heterocycles. The van der Waals surface area contributed by atoms with Crippen LogP contribution in [0.25, 0.3) is 0 Å². The Balaban J connectivity index is 1.31. The number of halogens is 1. The minimum atomic E-state index is -0.216. The summed E-state index contributed by atoms with van der Waals surface area (Å²) in [6.45, 7) is 2.66. The second-order valence-corrected chi connectivity index (χ2v) is 7.23. The van der Waals surface area contributed by atoms with Gasteiger partial charge in [-0.15, -0.1) is 0 Å². The lowest BCUT2D eigenvalue weighted by Gasteiger charge is -2.39. The van der Waals surface area contributed by atoms with E-state index in [0.717, 1.165) is 24.2 Å². The molecule has 0 aliphatic carbocycles. The van der Waals surface area contributed by atoms with Crippen LogP contribution < -0.4 is 10.1 Å². The number of hydrogen-bond acceptors (Lipinski definition) is 3. The first-order valence-electron chi connectivity index (χ1n) is 9.72. The number of carbonyl (C=O) groups excluding carboxylic acids is 1. The van der Waals surface area contributed by atoms with Crippen molar-refractivity contribution in [2.24, 2.45) is 0 Å². The van der Waals surface area contributed by atoms with Crippen molar-refractivity contribution in [1.82, 2.24) is 10.2 Å². The van der Waals surface area contributed by atoms with Crippen molar-refractivity contribution in [2.75, 3.05) is 13.1 Å². The summed E-state index contributed by atoms with van der Waals surface area (Å²) in [4.78, 5) is 14.8. The van der Waals surface area contributed by atoms with Crippen molar-refractivity contribution >= 4 is 5.91 Å². The molecule has 1 heterocycles. The Kier molecular flexibility index (Phi) is 5.86. The molecule has 0 bridgehead atoms. The molecule has 3 aromatic carbocycles. The molecule has 3 aromatic rings. The predicted molar refractivity (Wildman–Crippen MR) is 110 cm³/mol. The highest BCUT2D eigenvalue weighted by atomic mass is 19.1. The molecular formula is C24H23FN2O2. The number of hydrogen-bond donors (Lipinski definition) is 1. The lowest BCUT2D eigenvalue weighted by Crippen LogP contribution is -2.53. The number of benzene rings is 3. The van der Waals surface area contributed by atoms with E-state index >= 15 is 0 Å². The minimum Gasteiger partial charge on any atom is -0.487 e. The molecule has 4 nitrogen and oxygen atoms in total. The highest BCUT2D eigenvalue weighted by Gasteiger charge is 2.29. The largest absolute Gasteiger partial charge is 0.487 e. The number of amides is 1. The van der Waals surface area contributed by atoms with Crippen LogP contribution in [-0.4, -0.2) is 30.0 Å². The van der Waals surface area contributed by atoms with Gasteiger partial charge < -0.3 is 10.1 Å². The van der Waals surface area contributed by atoms with Gasteiger partial charge in [0.05, 0.1) is 5.56 Å². The van der Waals surface area contributed by atoms with Gasteiger partial charge in [-0.2, -0.15) is 0 Å². The Morgan fingerprint density at radius 3 is 2.48 bits per heavy atom. The molecule has 0 unspecified atom stereocenters. The lowest BCUT2D eigenvalue weighted by atomic mass is 10.1. The Morgan fingerprint density at radius 2 is 1.69 bits per heavy atom. The van der Waals surface area contributed by atoms with Crippen molar-refractivity contribution in [3.63, 3.8) is 0 Å². The molecule has 4 rings (SSSR count). The summed E-state index contributed by atoms with van der Waals surface area (Å²) < 4.78 is 19.4. The summed E-state index contributed by atoms with van der Waals surface area (Å²) in [7, 11) is 0. The average Bonchev–Trinajstić information content (AvgIpc) is 2.71. The van der Waals surface area contributed by atoms with E-state index in [4.69, 9.17) is 4.74 Å². The molecule has 1 aliphatic rings. The van der Waals surface area contributed by atoms with Crippen molar-refractivity contribution in [3.05, 3.63) is 101 Å². The first-order valence-corrected chi connectivity index (χ1v) is 9.72. The van der Waals surface area contributed by atoms with E-state index < -0.39 is 0 Å². The number of nitrogens with one attached hydrogen (secondary N) is 1. The van der Waals surface area contributed by atoms with Crippen molar-refractivity contribution in [2.45, 2.75) is 19.2 Å². The van der Waals surface area contributed by atoms with Gasteiger partial charge in [0.15, 0.2) is 0 Å². The molecule has 29 heavy (non-hydrogen) atoms. The van der Waals surface area contributed by atoms with E-state index in [1.165, 1.54) is 6.07 Å². The monoisotopic (exact) mass is 390 g/mol. The zero-order valence-electron chi connectivity index (χ0n) is 16.1. The third-order valence-electron chi connectivity index (χ3n) is 4.94. The van der Waals surface area contributed by atoms with Gasteiger partial charge >= 0.3 is 0 Å². The molecule has 0 radical (unpaired) electrons. The zero-order chi connectivity index (χ0) is 20.1. The lowest BCUT2D eigenvalue weighted by molar-refractivity contribution is 0.0140. The fourth-order valence-electron chi connectivity index (χ4n) is 3.43. The van der Waals surface area contributed by atoms with E-state index in [-0.39, 0.29) is 17.8 Å².